The average molecular weight is 431 g/mol. The summed E-state index contributed by atoms with van der Waals surface area (Å²) in [6.45, 7) is 3.00. The van der Waals surface area contributed by atoms with Crippen LogP contribution in [0.1, 0.15) is 51.1 Å². The van der Waals surface area contributed by atoms with Crippen LogP contribution in [0.5, 0.6) is 0 Å². The zero-order valence-corrected chi connectivity index (χ0v) is 18.3. The van der Waals surface area contributed by atoms with Crippen molar-refractivity contribution in [2.24, 2.45) is 4.99 Å². The number of amides is 1. The minimum atomic E-state index is 0.156. The third-order valence-electron chi connectivity index (χ3n) is 6.47. The Morgan fingerprint density at radius 2 is 2.10 bits per heavy atom. The number of hydrogen-bond acceptors (Lipinski definition) is 4. The van der Waals surface area contributed by atoms with Gasteiger partial charge in [0.2, 0.25) is 5.91 Å². The van der Waals surface area contributed by atoms with Crippen molar-refractivity contribution >= 4 is 50.9 Å². The number of hydrogen-bond donors (Lipinski definition) is 2. The topological polar surface area (TPSA) is 60.5 Å². The maximum Gasteiger partial charge on any atom is 0.222 e. The maximum absolute atomic E-state index is 12.1. The quantitative estimate of drug-likeness (QED) is 0.697. The molecule has 2 atom stereocenters. The summed E-state index contributed by atoms with van der Waals surface area (Å²) >= 11 is 8.18. The second kappa shape index (κ2) is 7.88. The number of carbonyl (C=O) groups is 1. The van der Waals surface area contributed by atoms with E-state index in [1.54, 1.807) is 11.8 Å². The predicted molar refractivity (Wildman–Crippen MR) is 122 cm³/mol. The summed E-state index contributed by atoms with van der Waals surface area (Å²) in [6.07, 6.45) is 6.69. The van der Waals surface area contributed by atoms with Crippen LogP contribution >= 0.6 is 23.4 Å². The third kappa shape index (κ3) is 3.77. The first-order valence-electron chi connectivity index (χ1n) is 10.7. The van der Waals surface area contributed by atoms with Crippen LogP contribution in [0.25, 0.3) is 10.9 Å². The van der Waals surface area contributed by atoms with Crippen LogP contribution in [0.3, 0.4) is 0 Å². The molecule has 2 fully saturated rings. The van der Waals surface area contributed by atoms with Gasteiger partial charge in [-0.05, 0) is 44.4 Å². The smallest absolute Gasteiger partial charge is 0.222 e. The molecule has 2 aromatic rings. The van der Waals surface area contributed by atoms with Gasteiger partial charge in [-0.3, -0.25) is 9.79 Å². The fraction of sp³-hybridized carbons (Fsp3) is 0.545. The predicted octanol–water partition coefficient (Wildman–Crippen LogP) is 5.05. The molecule has 5 nitrogen and oxygen atoms in total. The van der Waals surface area contributed by atoms with Gasteiger partial charge >= 0.3 is 0 Å². The Kier molecular flexibility index (Phi) is 5.25. The van der Waals surface area contributed by atoms with Gasteiger partial charge < -0.3 is 15.2 Å². The minimum absolute atomic E-state index is 0.156. The molecule has 2 N–H and O–H groups in total. The molecule has 1 amide bonds. The molecule has 154 valence electrons. The molecular formula is C22H27ClN4OS. The Labute approximate surface area is 180 Å². The molecule has 7 heteroatoms. The normalized spacial score (nSPS) is 23.9. The van der Waals surface area contributed by atoms with E-state index >= 15 is 0 Å². The summed E-state index contributed by atoms with van der Waals surface area (Å²) < 4.78 is 0. The van der Waals surface area contributed by atoms with Gasteiger partial charge in [0.25, 0.3) is 0 Å². The van der Waals surface area contributed by atoms with Crippen LogP contribution in [0.4, 0.5) is 5.69 Å². The number of fused-ring (bicyclic) bond motifs is 1. The molecule has 3 aliphatic rings. The molecule has 0 spiro atoms. The Hall–Kier alpha value is -1.66. The van der Waals surface area contributed by atoms with Crippen molar-refractivity contribution in [3.63, 3.8) is 0 Å². The first-order chi connectivity index (χ1) is 14.1. The lowest BCUT2D eigenvalue weighted by atomic mass is 10.1. The van der Waals surface area contributed by atoms with Gasteiger partial charge in [0.15, 0.2) is 0 Å². The van der Waals surface area contributed by atoms with E-state index in [9.17, 15) is 4.79 Å². The molecule has 3 heterocycles. The van der Waals surface area contributed by atoms with Crippen molar-refractivity contribution in [1.29, 1.82) is 0 Å². The Balaban J connectivity index is 1.41. The summed E-state index contributed by atoms with van der Waals surface area (Å²) in [5.74, 6) is 1.19. The van der Waals surface area contributed by atoms with Gasteiger partial charge in [-0.2, -0.15) is 0 Å². The summed E-state index contributed by atoms with van der Waals surface area (Å²) in [4.78, 5) is 22.7. The van der Waals surface area contributed by atoms with E-state index in [4.69, 9.17) is 16.6 Å². The van der Waals surface area contributed by atoms with Crippen LogP contribution < -0.4 is 5.32 Å². The van der Waals surface area contributed by atoms with Gasteiger partial charge in [0.05, 0.1) is 29.0 Å². The summed E-state index contributed by atoms with van der Waals surface area (Å²) in [5, 5.41) is 6.59. The SMILES string of the molecule is CC(C1CSC(c2cc3cc(Cl)cc(NC4CCCC4)c3[nH]2)=N1)N1CCCC1=O. The number of rotatable bonds is 5. The second-order valence-corrected chi connectivity index (χ2v) is 9.92. The Morgan fingerprint density at radius 1 is 1.28 bits per heavy atom. The lowest BCUT2D eigenvalue weighted by Gasteiger charge is -2.27. The number of H-pyrrole nitrogens is 1. The molecule has 1 saturated heterocycles. The number of likely N-dealkylation sites (tertiary alicyclic amines) is 1. The van der Waals surface area contributed by atoms with Gasteiger partial charge in [0.1, 0.15) is 5.04 Å². The third-order valence-corrected chi connectivity index (χ3v) is 7.80. The molecular weight excluding hydrogens is 404 g/mol. The zero-order valence-electron chi connectivity index (χ0n) is 16.7. The highest BCUT2D eigenvalue weighted by Crippen LogP contribution is 2.34. The molecule has 1 aliphatic carbocycles. The van der Waals surface area contributed by atoms with Crippen molar-refractivity contribution in [2.45, 2.75) is 63.6 Å². The number of thioether (sulfide) groups is 1. The average Bonchev–Trinajstić information content (AvgIpc) is 3.47. The summed E-state index contributed by atoms with van der Waals surface area (Å²) in [5.41, 5.74) is 3.23. The molecule has 5 rings (SSSR count). The van der Waals surface area contributed by atoms with Crippen LogP contribution in [-0.4, -0.2) is 51.3 Å². The van der Waals surface area contributed by atoms with Gasteiger partial charge in [0, 0.05) is 35.2 Å². The molecule has 0 radical (unpaired) electrons. The lowest BCUT2D eigenvalue weighted by Crippen LogP contribution is -2.41. The molecule has 29 heavy (non-hydrogen) atoms. The van der Waals surface area contributed by atoms with Crippen molar-refractivity contribution in [2.75, 3.05) is 17.6 Å². The molecule has 1 saturated carbocycles. The molecule has 2 aliphatic heterocycles. The number of aromatic amines is 1. The minimum Gasteiger partial charge on any atom is -0.381 e. The van der Waals surface area contributed by atoms with E-state index in [1.165, 1.54) is 25.7 Å². The Morgan fingerprint density at radius 3 is 2.86 bits per heavy atom. The Bertz CT molecular complexity index is 965. The van der Waals surface area contributed by atoms with Crippen LogP contribution in [-0.2, 0) is 4.79 Å². The van der Waals surface area contributed by atoms with Crippen LogP contribution in [0.2, 0.25) is 5.02 Å². The number of nitrogens with zero attached hydrogens (tertiary/aromatic N) is 2. The highest BCUT2D eigenvalue weighted by molar-refractivity contribution is 8.14. The monoisotopic (exact) mass is 430 g/mol. The first kappa shape index (κ1) is 19.3. The molecule has 0 bridgehead atoms. The number of halogens is 1. The zero-order chi connectivity index (χ0) is 20.0. The van der Waals surface area contributed by atoms with Crippen molar-refractivity contribution in [1.82, 2.24) is 9.88 Å². The van der Waals surface area contributed by atoms with Crippen molar-refractivity contribution in [3.8, 4) is 0 Å². The van der Waals surface area contributed by atoms with E-state index in [0.717, 1.165) is 51.1 Å². The second-order valence-electron chi connectivity index (χ2n) is 8.47. The van der Waals surface area contributed by atoms with Crippen LogP contribution in [0, 0.1) is 0 Å². The molecule has 2 unspecified atom stereocenters. The van der Waals surface area contributed by atoms with E-state index < -0.39 is 0 Å². The number of aliphatic imine (C=N–C) groups is 1. The molecule has 1 aromatic carbocycles. The number of aromatic nitrogens is 1. The van der Waals surface area contributed by atoms with E-state index in [2.05, 4.69) is 23.3 Å². The highest BCUT2D eigenvalue weighted by atomic mass is 35.5. The van der Waals surface area contributed by atoms with Gasteiger partial charge in [-0.15, -0.1) is 11.8 Å². The van der Waals surface area contributed by atoms with Gasteiger partial charge in [-0.1, -0.05) is 24.4 Å². The van der Waals surface area contributed by atoms with Gasteiger partial charge in [-0.25, -0.2) is 0 Å². The fourth-order valence-electron chi connectivity index (χ4n) is 4.82. The summed E-state index contributed by atoms with van der Waals surface area (Å²) in [6, 6.07) is 7.04. The number of benzene rings is 1. The first-order valence-corrected chi connectivity index (χ1v) is 12.0. The fourth-order valence-corrected chi connectivity index (χ4v) is 6.20. The van der Waals surface area contributed by atoms with E-state index in [-0.39, 0.29) is 18.0 Å². The maximum atomic E-state index is 12.1. The number of carbonyl (C=O) groups excluding carboxylic acids is 1. The van der Waals surface area contributed by atoms with Crippen molar-refractivity contribution < 1.29 is 4.79 Å². The summed E-state index contributed by atoms with van der Waals surface area (Å²) in [7, 11) is 0. The highest BCUT2D eigenvalue weighted by Gasteiger charge is 2.33. The lowest BCUT2D eigenvalue weighted by molar-refractivity contribution is -0.129. The molecule has 1 aromatic heterocycles. The van der Waals surface area contributed by atoms with E-state index in [0.29, 0.717) is 12.5 Å². The van der Waals surface area contributed by atoms with E-state index in [1.807, 2.05) is 17.0 Å². The number of nitrogens with one attached hydrogen (secondary N) is 2. The standard InChI is InChI=1S/C22H27ClN4OS/c1-13(27-8-4-7-20(27)28)19-12-29-22(26-19)18-10-14-9-15(23)11-17(21(14)25-18)24-16-5-2-3-6-16/h9-11,13,16,19,24-25H,2-8,12H2,1H3. The number of anilines is 1. The largest absolute Gasteiger partial charge is 0.381 e. The van der Waals surface area contributed by atoms with Crippen molar-refractivity contribution in [3.05, 3.63) is 28.9 Å². The van der Waals surface area contributed by atoms with Crippen LogP contribution in [0.15, 0.2) is 23.2 Å².